The molecule has 0 aliphatic rings. The molecule has 0 aliphatic heterocycles. The summed E-state index contributed by atoms with van der Waals surface area (Å²) < 4.78 is 48.4. The minimum atomic E-state index is -3.43. The largest absolute Gasteiger partial charge is 0.457 e. The molecule has 0 amide bonds. The van der Waals surface area contributed by atoms with Crippen molar-refractivity contribution in [2.75, 3.05) is 40.1 Å². The third kappa shape index (κ3) is 16.0. The second kappa shape index (κ2) is 26.4. The SMILES string of the molecule is CC(C)(c1ccc(Oc2ccc(N)cc2)cc1)c1ccc(Oc2ccc(N)cc2)cc1.Cc1ccc(S(=O)(=O)c2ccc(N)cc2)cc1.Nc1ccc(Oc2cc3ccccc3cc2Oc2ccc(N)cc2)cc1.Nc1cccc(N)c1. The van der Waals surface area contributed by atoms with Crippen LogP contribution in [0.4, 0.5) is 39.8 Å². The summed E-state index contributed by atoms with van der Waals surface area (Å²) in [4.78, 5) is 0.559. The van der Waals surface area contributed by atoms with E-state index in [9.17, 15) is 8.42 Å². The van der Waals surface area contributed by atoms with Crippen molar-refractivity contribution in [2.24, 2.45) is 0 Å². The average molecular weight is 1110 g/mol. The van der Waals surface area contributed by atoms with Crippen LogP contribution in [0, 0.1) is 6.92 Å². The smallest absolute Gasteiger partial charge is 0.206 e. The summed E-state index contributed by atoms with van der Waals surface area (Å²) >= 11 is 0. The number of nitrogen functional groups attached to an aromatic ring is 7. The number of rotatable bonds is 12. The Morgan fingerprint density at radius 3 is 0.890 bits per heavy atom. The Morgan fingerprint density at radius 2 is 0.585 bits per heavy atom. The maximum Gasteiger partial charge on any atom is 0.206 e. The molecule has 11 aromatic rings. The summed E-state index contributed by atoms with van der Waals surface area (Å²) in [7, 11) is -3.43. The van der Waals surface area contributed by atoms with E-state index in [1.54, 1.807) is 78.9 Å². The van der Waals surface area contributed by atoms with Gasteiger partial charge in [-0.3, -0.25) is 0 Å². The molecule has 0 bridgehead atoms. The van der Waals surface area contributed by atoms with Gasteiger partial charge in [0.2, 0.25) is 9.84 Å². The third-order valence-electron chi connectivity index (χ3n) is 12.8. The second-order valence-corrected chi connectivity index (χ2v) is 21.5. The van der Waals surface area contributed by atoms with Crippen LogP contribution in [0.5, 0.6) is 46.0 Å². The average Bonchev–Trinajstić information content (AvgIpc) is 3.55. The third-order valence-corrected chi connectivity index (χ3v) is 14.6. The van der Waals surface area contributed by atoms with Gasteiger partial charge in [-0.1, -0.05) is 86.1 Å². The lowest BCUT2D eigenvalue weighted by molar-refractivity contribution is 0.420. The Bertz CT molecular complexity index is 3690. The number of nitrogens with two attached hydrogens (primary N) is 7. The first-order chi connectivity index (χ1) is 39.4. The Labute approximate surface area is 479 Å². The zero-order valence-corrected chi connectivity index (χ0v) is 46.5. The lowest BCUT2D eigenvalue weighted by atomic mass is 9.78. The molecule has 0 radical (unpaired) electrons. The molecule has 0 saturated carbocycles. The van der Waals surface area contributed by atoms with Gasteiger partial charge in [0.1, 0.15) is 34.5 Å². The molecule has 0 aliphatic carbocycles. The summed E-state index contributed by atoms with van der Waals surface area (Å²) in [5, 5.41) is 2.14. The molecule has 0 atom stereocenters. The van der Waals surface area contributed by atoms with Gasteiger partial charge in [-0.25, -0.2) is 8.42 Å². The van der Waals surface area contributed by atoms with Crippen LogP contribution in [-0.2, 0) is 15.3 Å². The molecule has 14 heteroatoms. The van der Waals surface area contributed by atoms with Crippen molar-refractivity contribution in [2.45, 2.75) is 36.0 Å². The van der Waals surface area contributed by atoms with Gasteiger partial charge in [0.05, 0.1) is 9.79 Å². The number of ether oxygens (including phenoxy) is 4. The summed E-state index contributed by atoms with van der Waals surface area (Å²) in [5.41, 5.74) is 47.3. The number of anilines is 7. The molecule has 14 N–H and O–H groups in total. The standard InChI is InChI=1S/C27H26N2O2.C22H18N2O2.C13H13NO2S.C6H8N2/c1-27(2,19-3-11-23(12-4-19)30-25-15-7-21(28)8-16-25)20-5-13-24(14-6-20)31-26-17-9-22(29)10-18-26;23-17-5-9-19(10-6-17)25-21-13-15-3-1-2-4-16(15)14-22(21)26-20-11-7-18(24)8-12-20;1-10-2-6-12(7-3-10)17(15,16)13-8-4-11(14)5-9-13;7-5-2-1-3-6(8)4-5/h3-18H,28-29H2,1-2H3;1-14H,23-24H2;2-9H,14H2,1H3;1-4H,7-8H2. The highest BCUT2D eigenvalue weighted by atomic mass is 32.2. The van der Waals surface area contributed by atoms with Crippen molar-refractivity contribution in [1.82, 2.24) is 0 Å². The fourth-order valence-corrected chi connectivity index (χ4v) is 9.39. The molecular weight excluding hydrogens is 1040 g/mol. The number of benzene rings is 11. The normalized spacial score (nSPS) is 10.8. The van der Waals surface area contributed by atoms with E-state index < -0.39 is 9.84 Å². The van der Waals surface area contributed by atoms with Crippen molar-refractivity contribution >= 4 is 60.4 Å². The number of hydrogen-bond acceptors (Lipinski definition) is 13. The highest BCUT2D eigenvalue weighted by molar-refractivity contribution is 7.91. The molecule has 414 valence electrons. The molecule has 0 unspecified atom stereocenters. The van der Waals surface area contributed by atoms with Gasteiger partial charge in [0.15, 0.2) is 11.5 Å². The van der Waals surface area contributed by atoms with Gasteiger partial charge >= 0.3 is 0 Å². The predicted molar refractivity (Wildman–Crippen MR) is 335 cm³/mol. The predicted octanol–water partition coefficient (Wildman–Crippen LogP) is 15.6. The molecule has 0 spiro atoms. The van der Waals surface area contributed by atoms with Gasteiger partial charge in [-0.2, -0.15) is 0 Å². The summed E-state index contributed by atoms with van der Waals surface area (Å²) in [6.07, 6.45) is 0. The summed E-state index contributed by atoms with van der Waals surface area (Å²) in [6.45, 7) is 6.33. The van der Waals surface area contributed by atoms with Crippen LogP contribution in [0.25, 0.3) is 10.8 Å². The van der Waals surface area contributed by atoms with Gasteiger partial charge in [0, 0.05) is 45.2 Å². The van der Waals surface area contributed by atoms with E-state index in [-0.39, 0.29) is 10.3 Å². The van der Waals surface area contributed by atoms with Crippen LogP contribution in [0.1, 0.15) is 30.5 Å². The Morgan fingerprint density at radius 1 is 0.305 bits per heavy atom. The van der Waals surface area contributed by atoms with Gasteiger partial charge < -0.3 is 59.1 Å². The fraction of sp³-hybridized carbons (Fsp3) is 0.0588. The highest BCUT2D eigenvalue weighted by Gasteiger charge is 2.23. The first-order valence-corrected chi connectivity index (χ1v) is 27.5. The van der Waals surface area contributed by atoms with E-state index in [1.165, 1.54) is 23.3 Å². The molecular formula is C68H65N7O6S. The first kappa shape index (κ1) is 57.6. The summed E-state index contributed by atoms with van der Waals surface area (Å²) in [6, 6.07) is 77.8. The topological polar surface area (TPSA) is 253 Å². The summed E-state index contributed by atoms with van der Waals surface area (Å²) in [5.74, 6) is 5.74. The molecule has 0 fully saturated rings. The number of aryl methyl sites for hydroxylation is 1. The van der Waals surface area contributed by atoms with Gasteiger partial charge in [-0.15, -0.1) is 0 Å². The highest BCUT2D eigenvalue weighted by Crippen LogP contribution is 2.39. The van der Waals surface area contributed by atoms with Crippen LogP contribution in [0.2, 0.25) is 0 Å². The van der Waals surface area contributed by atoms with Gasteiger partial charge in [-0.05, 0) is 217 Å². The molecule has 0 saturated heterocycles. The molecule has 13 nitrogen and oxygen atoms in total. The van der Waals surface area contributed by atoms with Crippen LogP contribution in [0.15, 0.2) is 265 Å². The quantitative estimate of drug-likeness (QED) is 0.0563. The van der Waals surface area contributed by atoms with E-state index in [4.69, 9.17) is 59.1 Å². The second-order valence-electron chi connectivity index (χ2n) is 19.6. The Balaban J connectivity index is 0.000000155. The zero-order valence-electron chi connectivity index (χ0n) is 45.6. The lowest BCUT2D eigenvalue weighted by Crippen LogP contribution is -2.18. The van der Waals surface area contributed by atoms with E-state index >= 15 is 0 Å². The van der Waals surface area contributed by atoms with Crippen molar-refractivity contribution in [3.05, 3.63) is 271 Å². The van der Waals surface area contributed by atoms with Crippen LogP contribution >= 0.6 is 0 Å². The van der Waals surface area contributed by atoms with E-state index in [2.05, 4.69) is 38.1 Å². The zero-order chi connectivity index (χ0) is 58.2. The molecule has 82 heavy (non-hydrogen) atoms. The first-order valence-electron chi connectivity index (χ1n) is 26.0. The minimum absolute atomic E-state index is 0.167. The van der Waals surface area contributed by atoms with Gasteiger partial charge in [0.25, 0.3) is 0 Å². The van der Waals surface area contributed by atoms with Crippen molar-refractivity contribution in [3.63, 3.8) is 0 Å². The molecule has 11 aromatic carbocycles. The lowest BCUT2D eigenvalue weighted by Gasteiger charge is -2.26. The number of sulfone groups is 1. The molecule has 0 heterocycles. The fourth-order valence-electron chi connectivity index (χ4n) is 8.13. The van der Waals surface area contributed by atoms with E-state index in [0.29, 0.717) is 67.7 Å². The van der Waals surface area contributed by atoms with Crippen molar-refractivity contribution in [3.8, 4) is 46.0 Å². The van der Waals surface area contributed by atoms with Crippen LogP contribution in [-0.4, -0.2) is 8.42 Å². The number of fused-ring (bicyclic) bond motifs is 1. The van der Waals surface area contributed by atoms with E-state index in [1.807, 2.05) is 146 Å². The Kier molecular flexibility index (Phi) is 18.5. The van der Waals surface area contributed by atoms with Crippen LogP contribution in [0.3, 0.4) is 0 Å². The Hall–Kier alpha value is -10.6. The van der Waals surface area contributed by atoms with E-state index in [0.717, 1.165) is 39.3 Å². The monoisotopic (exact) mass is 1110 g/mol. The maximum absolute atomic E-state index is 12.2. The molecule has 11 rings (SSSR count). The van der Waals surface area contributed by atoms with Crippen molar-refractivity contribution in [1.29, 1.82) is 0 Å². The maximum atomic E-state index is 12.2. The molecule has 0 aromatic heterocycles. The number of hydrogen-bond donors (Lipinski definition) is 7. The van der Waals surface area contributed by atoms with Crippen molar-refractivity contribution < 1.29 is 27.4 Å². The minimum Gasteiger partial charge on any atom is -0.457 e. The van der Waals surface area contributed by atoms with Crippen LogP contribution < -0.4 is 59.1 Å².